The van der Waals surface area contributed by atoms with Crippen molar-refractivity contribution >= 4 is 51.7 Å². The first kappa shape index (κ1) is 23.3. The van der Waals surface area contributed by atoms with Crippen molar-refractivity contribution in [1.82, 2.24) is 15.0 Å². The molecule has 1 aromatic heterocycles. The minimum atomic E-state index is -0.0975. The smallest absolute Gasteiger partial charge is 0.261 e. The van der Waals surface area contributed by atoms with Gasteiger partial charge in [0.1, 0.15) is 12.3 Å². The second-order valence-electron chi connectivity index (χ2n) is 7.69. The maximum absolute atomic E-state index is 13.1. The van der Waals surface area contributed by atoms with Gasteiger partial charge in [0.15, 0.2) is 6.61 Å². The maximum atomic E-state index is 13.1. The number of carbonyl (C=O) groups excluding carboxylic acids is 1. The fourth-order valence-electron chi connectivity index (χ4n) is 3.82. The Labute approximate surface area is 210 Å². The van der Waals surface area contributed by atoms with Crippen LogP contribution in [-0.2, 0) is 11.3 Å². The largest absolute Gasteiger partial charge is 0.484 e. The molecule has 0 spiro atoms. The van der Waals surface area contributed by atoms with E-state index in [2.05, 4.69) is 32.7 Å². The number of amides is 1. The summed E-state index contributed by atoms with van der Waals surface area (Å²) in [6, 6.07) is 12.8. The van der Waals surface area contributed by atoms with E-state index in [-0.39, 0.29) is 25.1 Å². The molecule has 32 heavy (non-hydrogen) atoms. The van der Waals surface area contributed by atoms with E-state index in [0.717, 1.165) is 29.3 Å². The molecule has 4 rings (SSSR count). The molecule has 0 radical (unpaired) electrons. The number of nitrogens with zero attached hydrogens (tertiary/aromatic N) is 3. The van der Waals surface area contributed by atoms with Crippen LogP contribution in [0.3, 0.4) is 0 Å². The van der Waals surface area contributed by atoms with Crippen LogP contribution in [0, 0.1) is 3.57 Å². The molecule has 9 heteroatoms. The standard InChI is InChI=1S/C23H22Cl2IN3O3/c24-15-6-11-19(20(25)12-15)23-27-21(32-28-23)13-29(17-4-2-1-3-5-17)22(30)14-31-18-9-7-16(26)8-10-18/h6-12,17H,1-5,13-14H2. The molecule has 0 aliphatic heterocycles. The lowest BCUT2D eigenvalue weighted by Crippen LogP contribution is -2.43. The molecule has 0 bridgehead atoms. The van der Waals surface area contributed by atoms with Gasteiger partial charge in [-0.25, -0.2) is 0 Å². The summed E-state index contributed by atoms with van der Waals surface area (Å²) in [5, 5.41) is 5.03. The summed E-state index contributed by atoms with van der Waals surface area (Å²) >= 11 is 14.5. The fraction of sp³-hybridized carbons (Fsp3) is 0.348. The second kappa shape index (κ2) is 10.9. The Morgan fingerprint density at radius 1 is 1.12 bits per heavy atom. The Morgan fingerprint density at radius 2 is 1.88 bits per heavy atom. The monoisotopic (exact) mass is 585 g/mol. The zero-order chi connectivity index (χ0) is 22.5. The summed E-state index contributed by atoms with van der Waals surface area (Å²) < 4.78 is 12.3. The van der Waals surface area contributed by atoms with Crippen LogP contribution >= 0.6 is 45.8 Å². The number of carbonyl (C=O) groups is 1. The quantitative estimate of drug-likeness (QED) is 0.301. The van der Waals surface area contributed by atoms with Crippen molar-refractivity contribution in [3.63, 3.8) is 0 Å². The van der Waals surface area contributed by atoms with Crippen LogP contribution < -0.4 is 4.74 Å². The van der Waals surface area contributed by atoms with E-state index in [4.69, 9.17) is 32.5 Å². The fourth-order valence-corrected chi connectivity index (χ4v) is 4.67. The lowest BCUT2D eigenvalue weighted by molar-refractivity contribution is -0.137. The van der Waals surface area contributed by atoms with Crippen molar-refractivity contribution < 1.29 is 14.1 Å². The summed E-state index contributed by atoms with van der Waals surface area (Å²) in [6.07, 6.45) is 5.31. The second-order valence-corrected chi connectivity index (χ2v) is 9.78. The summed E-state index contributed by atoms with van der Waals surface area (Å²) in [5.41, 5.74) is 0.628. The van der Waals surface area contributed by atoms with E-state index in [1.807, 2.05) is 29.2 Å². The van der Waals surface area contributed by atoms with Gasteiger partial charge in [0.05, 0.1) is 5.02 Å². The zero-order valence-corrected chi connectivity index (χ0v) is 20.9. The van der Waals surface area contributed by atoms with Gasteiger partial charge in [-0.15, -0.1) is 0 Å². The number of hydrogen-bond donors (Lipinski definition) is 0. The van der Waals surface area contributed by atoms with Crippen molar-refractivity contribution in [1.29, 1.82) is 0 Å². The van der Waals surface area contributed by atoms with Gasteiger partial charge in [-0.1, -0.05) is 47.6 Å². The van der Waals surface area contributed by atoms with Gasteiger partial charge in [-0.2, -0.15) is 4.98 Å². The van der Waals surface area contributed by atoms with Gasteiger partial charge in [-0.05, 0) is 77.9 Å². The van der Waals surface area contributed by atoms with Crippen LogP contribution in [0.25, 0.3) is 11.4 Å². The Kier molecular flexibility index (Phi) is 7.91. The number of hydrogen-bond acceptors (Lipinski definition) is 5. The van der Waals surface area contributed by atoms with Crippen LogP contribution in [0.2, 0.25) is 10.0 Å². The molecular formula is C23H22Cl2IN3O3. The van der Waals surface area contributed by atoms with Gasteiger partial charge >= 0.3 is 0 Å². The molecule has 0 unspecified atom stereocenters. The molecule has 1 amide bonds. The molecule has 0 saturated heterocycles. The third kappa shape index (κ3) is 5.94. The summed E-state index contributed by atoms with van der Waals surface area (Å²) in [5.74, 6) is 1.30. The topological polar surface area (TPSA) is 68.5 Å². The van der Waals surface area contributed by atoms with Gasteiger partial charge in [0.2, 0.25) is 11.7 Å². The first-order valence-corrected chi connectivity index (χ1v) is 12.3. The van der Waals surface area contributed by atoms with Gasteiger partial charge in [0, 0.05) is 20.2 Å². The van der Waals surface area contributed by atoms with Crippen molar-refractivity contribution in [2.75, 3.05) is 6.61 Å². The third-order valence-corrected chi connectivity index (χ3v) is 6.72. The molecular weight excluding hydrogens is 564 g/mol. The molecule has 1 aliphatic rings. The molecule has 1 aliphatic carbocycles. The zero-order valence-electron chi connectivity index (χ0n) is 17.3. The highest BCUT2D eigenvalue weighted by Crippen LogP contribution is 2.29. The Balaban J connectivity index is 1.48. The predicted octanol–water partition coefficient (Wildman–Crippen LogP) is 6.39. The molecule has 0 atom stereocenters. The Hall–Kier alpha value is -1.84. The van der Waals surface area contributed by atoms with Crippen molar-refractivity contribution in [3.05, 3.63) is 62.0 Å². The van der Waals surface area contributed by atoms with Gasteiger partial charge in [-0.3, -0.25) is 4.79 Å². The number of halogens is 3. The highest BCUT2D eigenvalue weighted by molar-refractivity contribution is 14.1. The highest BCUT2D eigenvalue weighted by atomic mass is 127. The number of ether oxygens (including phenoxy) is 1. The minimum absolute atomic E-state index is 0.0406. The van der Waals surface area contributed by atoms with Crippen molar-refractivity contribution in [3.8, 4) is 17.1 Å². The van der Waals surface area contributed by atoms with Crippen molar-refractivity contribution in [2.45, 2.75) is 44.7 Å². The summed E-state index contributed by atoms with van der Waals surface area (Å²) in [7, 11) is 0. The van der Waals surface area contributed by atoms with E-state index >= 15 is 0 Å². The SMILES string of the molecule is O=C(COc1ccc(I)cc1)N(Cc1nc(-c2ccc(Cl)cc2Cl)no1)C1CCCCC1. The van der Waals surface area contributed by atoms with E-state index in [9.17, 15) is 4.79 Å². The summed E-state index contributed by atoms with van der Waals surface area (Å²) in [6.45, 7) is 0.193. The summed E-state index contributed by atoms with van der Waals surface area (Å²) in [4.78, 5) is 19.4. The van der Waals surface area contributed by atoms with Crippen LogP contribution in [0.15, 0.2) is 47.0 Å². The van der Waals surface area contributed by atoms with Crippen molar-refractivity contribution in [2.24, 2.45) is 0 Å². The van der Waals surface area contributed by atoms with Crippen LogP contribution in [0.5, 0.6) is 5.75 Å². The molecule has 1 fully saturated rings. The third-order valence-electron chi connectivity index (χ3n) is 5.46. The maximum Gasteiger partial charge on any atom is 0.261 e. The molecule has 3 aromatic rings. The van der Waals surface area contributed by atoms with Gasteiger partial charge in [0.25, 0.3) is 5.91 Å². The Bertz CT molecular complexity index is 1070. The average Bonchev–Trinajstić information content (AvgIpc) is 3.26. The molecule has 6 nitrogen and oxygen atoms in total. The van der Waals surface area contributed by atoms with Crippen LogP contribution in [0.1, 0.15) is 38.0 Å². The first-order valence-electron chi connectivity index (χ1n) is 10.5. The normalized spacial score (nSPS) is 14.3. The lowest BCUT2D eigenvalue weighted by Gasteiger charge is -2.33. The number of benzene rings is 2. The lowest BCUT2D eigenvalue weighted by atomic mass is 9.94. The molecule has 168 valence electrons. The first-order chi connectivity index (χ1) is 15.5. The number of aromatic nitrogens is 2. The van der Waals surface area contributed by atoms with E-state index < -0.39 is 0 Å². The van der Waals surface area contributed by atoms with Crippen LogP contribution in [-0.4, -0.2) is 33.6 Å². The molecule has 0 N–H and O–H groups in total. The van der Waals surface area contributed by atoms with E-state index in [0.29, 0.717) is 33.1 Å². The molecule has 2 aromatic carbocycles. The van der Waals surface area contributed by atoms with E-state index in [1.54, 1.807) is 18.2 Å². The minimum Gasteiger partial charge on any atom is -0.484 e. The predicted molar refractivity (Wildman–Crippen MR) is 132 cm³/mol. The Morgan fingerprint density at radius 3 is 2.59 bits per heavy atom. The molecule has 1 heterocycles. The van der Waals surface area contributed by atoms with Crippen LogP contribution in [0.4, 0.5) is 0 Å². The molecule has 1 saturated carbocycles. The van der Waals surface area contributed by atoms with Gasteiger partial charge < -0.3 is 14.2 Å². The number of rotatable bonds is 7. The highest BCUT2D eigenvalue weighted by Gasteiger charge is 2.28. The van der Waals surface area contributed by atoms with E-state index in [1.165, 1.54) is 6.42 Å². The average molecular weight is 586 g/mol.